The molecule has 0 aliphatic rings. The zero-order valence-electron chi connectivity index (χ0n) is 11.2. The number of hydrogen-bond acceptors (Lipinski definition) is 5. The maximum Gasteiger partial charge on any atom is 0.231 e. The van der Waals surface area contributed by atoms with Crippen molar-refractivity contribution in [3.63, 3.8) is 0 Å². The van der Waals surface area contributed by atoms with Gasteiger partial charge in [0.1, 0.15) is 6.61 Å². The second-order valence-electron chi connectivity index (χ2n) is 4.41. The minimum atomic E-state index is -0.165. The Bertz CT molecular complexity index is 498. The Morgan fingerprint density at radius 2 is 2.05 bits per heavy atom. The average Bonchev–Trinajstić information content (AvgIpc) is 2.93. The van der Waals surface area contributed by atoms with Crippen LogP contribution in [-0.2, 0) is 11.3 Å². The predicted molar refractivity (Wildman–Crippen MR) is 71.4 cm³/mol. The van der Waals surface area contributed by atoms with Gasteiger partial charge in [0.05, 0.1) is 5.92 Å². The summed E-state index contributed by atoms with van der Waals surface area (Å²) in [5.74, 6) is 1.07. The maximum atomic E-state index is 6.22. The van der Waals surface area contributed by atoms with E-state index in [4.69, 9.17) is 15.0 Å². The van der Waals surface area contributed by atoms with Gasteiger partial charge in [0.2, 0.25) is 5.89 Å². The molecule has 5 heteroatoms. The lowest BCUT2D eigenvalue weighted by molar-refractivity contribution is 0.126. The largest absolute Gasteiger partial charge is 0.374 e. The van der Waals surface area contributed by atoms with E-state index in [1.54, 1.807) is 0 Å². The molecule has 5 nitrogen and oxygen atoms in total. The number of hydrogen-bond donors (Lipinski definition) is 1. The Morgan fingerprint density at radius 3 is 2.74 bits per heavy atom. The van der Waals surface area contributed by atoms with E-state index >= 15 is 0 Å². The minimum Gasteiger partial charge on any atom is -0.374 e. The van der Waals surface area contributed by atoms with E-state index < -0.39 is 0 Å². The van der Waals surface area contributed by atoms with E-state index in [0.29, 0.717) is 24.9 Å². The quantitative estimate of drug-likeness (QED) is 0.864. The van der Waals surface area contributed by atoms with E-state index in [1.165, 1.54) is 0 Å². The summed E-state index contributed by atoms with van der Waals surface area (Å²) in [6.07, 6.45) is 0. The normalized spacial score (nSPS) is 14.3. The monoisotopic (exact) mass is 261 g/mol. The van der Waals surface area contributed by atoms with Crippen LogP contribution >= 0.6 is 0 Å². The molecule has 2 aromatic rings. The molecule has 102 valence electrons. The number of rotatable bonds is 6. The summed E-state index contributed by atoms with van der Waals surface area (Å²) in [5.41, 5.74) is 7.28. The van der Waals surface area contributed by atoms with Crippen molar-refractivity contribution < 1.29 is 9.26 Å². The summed E-state index contributed by atoms with van der Waals surface area (Å²) >= 11 is 0. The second-order valence-corrected chi connectivity index (χ2v) is 4.41. The van der Waals surface area contributed by atoms with Crippen LogP contribution in [0, 0.1) is 0 Å². The molecule has 0 aliphatic carbocycles. The lowest BCUT2D eigenvalue weighted by Crippen LogP contribution is -2.17. The van der Waals surface area contributed by atoms with Gasteiger partial charge in [-0.1, -0.05) is 42.4 Å². The number of nitrogens with zero attached hydrogens (tertiary/aromatic N) is 2. The molecule has 0 saturated carbocycles. The van der Waals surface area contributed by atoms with Gasteiger partial charge in [0.25, 0.3) is 0 Å². The molecule has 0 saturated heterocycles. The van der Waals surface area contributed by atoms with Crippen molar-refractivity contribution in [2.75, 3.05) is 6.61 Å². The fourth-order valence-electron chi connectivity index (χ4n) is 1.82. The van der Waals surface area contributed by atoms with Crippen LogP contribution in [0.15, 0.2) is 34.9 Å². The van der Waals surface area contributed by atoms with Gasteiger partial charge < -0.3 is 15.0 Å². The molecule has 0 amide bonds. The van der Waals surface area contributed by atoms with Crippen molar-refractivity contribution >= 4 is 0 Å². The van der Waals surface area contributed by atoms with E-state index in [2.05, 4.69) is 10.1 Å². The molecule has 1 aromatic carbocycles. The standard InChI is InChI=1S/C14H19N3O2/c1-3-18-9-12-16-14(19-17-12)10(2)13(15)11-7-5-4-6-8-11/h4-8,10,13H,3,9,15H2,1-2H3. The molecule has 0 aliphatic heterocycles. The zero-order chi connectivity index (χ0) is 13.7. The van der Waals surface area contributed by atoms with Crippen LogP contribution in [-0.4, -0.2) is 16.7 Å². The predicted octanol–water partition coefficient (Wildman–Crippen LogP) is 2.41. The maximum absolute atomic E-state index is 6.22. The van der Waals surface area contributed by atoms with Crippen molar-refractivity contribution in [2.45, 2.75) is 32.4 Å². The van der Waals surface area contributed by atoms with Gasteiger partial charge >= 0.3 is 0 Å². The average molecular weight is 261 g/mol. The lowest BCUT2D eigenvalue weighted by Gasteiger charge is -2.16. The van der Waals surface area contributed by atoms with Crippen LogP contribution < -0.4 is 5.73 Å². The molecule has 0 fully saturated rings. The first kappa shape index (κ1) is 13.7. The van der Waals surface area contributed by atoms with Gasteiger partial charge in [-0.25, -0.2) is 0 Å². The lowest BCUT2D eigenvalue weighted by atomic mass is 9.95. The Balaban J connectivity index is 2.06. The minimum absolute atomic E-state index is 0.0368. The smallest absolute Gasteiger partial charge is 0.231 e. The molecule has 1 heterocycles. The molecule has 2 rings (SSSR count). The molecule has 2 atom stereocenters. The molecule has 0 radical (unpaired) electrons. The van der Waals surface area contributed by atoms with Crippen LogP contribution in [0.1, 0.15) is 43.1 Å². The summed E-state index contributed by atoms with van der Waals surface area (Å²) in [4.78, 5) is 4.31. The highest BCUT2D eigenvalue weighted by Crippen LogP contribution is 2.27. The summed E-state index contributed by atoms with van der Waals surface area (Å²) in [7, 11) is 0. The SMILES string of the molecule is CCOCc1noc(C(C)C(N)c2ccccc2)n1. The Morgan fingerprint density at radius 1 is 1.32 bits per heavy atom. The third kappa shape index (κ3) is 3.39. The summed E-state index contributed by atoms with van der Waals surface area (Å²) in [5, 5.41) is 3.88. The van der Waals surface area contributed by atoms with Crippen molar-refractivity contribution in [1.82, 2.24) is 10.1 Å². The summed E-state index contributed by atoms with van der Waals surface area (Å²) in [6, 6.07) is 9.74. The number of nitrogens with two attached hydrogens (primary N) is 1. The highest BCUT2D eigenvalue weighted by atomic mass is 16.5. The molecular formula is C14H19N3O2. The molecule has 1 aromatic heterocycles. The fourth-order valence-corrected chi connectivity index (χ4v) is 1.82. The molecule has 0 spiro atoms. The Hall–Kier alpha value is -1.72. The summed E-state index contributed by atoms with van der Waals surface area (Å²) < 4.78 is 10.5. The zero-order valence-corrected chi connectivity index (χ0v) is 11.2. The molecule has 0 bridgehead atoms. The topological polar surface area (TPSA) is 74.2 Å². The third-order valence-electron chi connectivity index (χ3n) is 3.03. The van der Waals surface area contributed by atoms with Gasteiger partial charge in [-0.05, 0) is 12.5 Å². The van der Waals surface area contributed by atoms with Gasteiger partial charge in [-0.15, -0.1) is 0 Å². The second kappa shape index (κ2) is 6.45. The van der Waals surface area contributed by atoms with Crippen molar-refractivity contribution in [3.05, 3.63) is 47.6 Å². The van der Waals surface area contributed by atoms with E-state index in [-0.39, 0.29) is 12.0 Å². The highest BCUT2D eigenvalue weighted by molar-refractivity contribution is 5.21. The van der Waals surface area contributed by atoms with E-state index in [0.717, 1.165) is 5.56 Å². The first-order valence-corrected chi connectivity index (χ1v) is 6.43. The van der Waals surface area contributed by atoms with Gasteiger partial charge in [-0.2, -0.15) is 4.98 Å². The number of aromatic nitrogens is 2. The van der Waals surface area contributed by atoms with E-state index in [9.17, 15) is 0 Å². The van der Waals surface area contributed by atoms with Crippen LogP contribution in [0.2, 0.25) is 0 Å². The number of ether oxygens (including phenoxy) is 1. The Labute approximate surface area is 112 Å². The van der Waals surface area contributed by atoms with Gasteiger partial charge in [0.15, 0.2) is 5.82 Å². The first-order valence-electron chi connectivity index (χ1n) is 6.43. The van der Waals surface area contributed by atoms with Crippen molar-refractivity contribution in [2.24, 2.45) is 5.73 Å². The third-order valence-corrected chi connectivity index (χ3v) is 3.03. The highest BCUT2D eigenvalue weighted by Gasteiger charge is 2.22. The van der Waals surface area contributed by atoms with Crippen molar-refractivity contribution in [1.29, 1.82) is 0 Å². The molecule has 2 unspecified atom stereocenters. The van der Waals surface area contributed by atoms with Crippen LogP contribution in [0.3, 0.4) is 0 Å². The van der Waals surface area contributed by atoms with Gasteiger partial charge in [0, 0.05) is 12.6 Å². The first-order chi connectivity index (χ1) is 9.22. The molecule has 19 heavy (non-hydrogen) atoms. The van der Waals surface area contributed by atoms with Crippen LogP contribution in [0.5, 0.6) is 0 Å². The fraction of sp³-hybridized carbons (Fsp3) is 0.429. The molecular weight excluding hydrogens is 242 g/mol. The Kier molecular flexibility index (Phi) is 4.65. The van der Waals surface area contributed by atoms with E-state index in [1.807, 2.05) is 44.2 Å². The van der Waals surface area contributed by atoms with Crippen molar-refractivity contribution in [3.8, 4) is 0 Å². The molecule has 2 N–H and O–H groups in total. The van der Waals surface area contributed by atoms with Crippen LogP contribution in [0.25, 0.3) is 0 Å². The summed E-state index contributed by atoms with van der Waals surface area (Å²) in [6.45, 7) is 4.90. The number of benzene rings is 1. The van der Waals surface area contributed by atoms with Gasteiger partial charge in [-0.3, -0.25) is 0 Å². The van der Waals surface area contributed by atoms with Crippen LogP contribution in [0.4, 0.5) is 0 Å².